The maximum absolute atomic E-state index is 11.9. The highest BCUT2D eigenvalue weighted by Crippen LogP contribution is 2.20. The third-order valence-corrected chi connectivity index (χ3v) is 2.83. The Balaban J connectivity index is 2.99. The number of rotatable bonds is 4. The van der Waals surface area contributed by atoms with E-state index in [-0.39, 0.29) is 12.5 Å². The number of hydrogen-bond acceptors (Lipinski definition) is 5. The zero-order valence-corrected chi connectivity index (χ0v) is 11.3. The molecular formula is C11H17N3O2S. The minimum absolute atomic E-state index is 0.222. The van der Waals surface area contributed by atoms with E-state index in [9.17, 15) is 4.79 Å². The van der Waals surface area contributed by atoms with Gasteiger partial charge in [-0.1, -0.05) is 0 Å². The van der Waals surface area contributed by atoms with Crippen LogP contribution in [0.5, 0.6) is 0 Å². The highest BCUT2D eigenvalue weighted by Gasteiger charge is 2.17. The first kappa shape index (κ1) is 13.9. The van der Waals surface area contributed by atoms with E-state index in [2.05, 4.69) is 15.3 Å². The smallest absolute Gasteiger partial charge is 0.255 e. The SMILES string of the molecule is CSc1nc(C)nc(C)c1C(=O)NC[C@@H](C)O. The molecule has 1 heterocycles. The van der Waals surface area contributed by atoms with Gasteiger partial charge >= 0.3 is 0 Å². The molecule has 6 heteroatoms. The zero-order chi connectivity index (χ0) is 13.0. The summed E-state index contributed by atoms with van der Waals surface area (Å²) in [7, 11) is 0. The van der Waals surface area contributed by atoms with Crippen LogP contribution in [0.25, 0.3) is 0 Å². The fourth-order valence-corrected chi connectivity index (χ4v) is 2.09. The number of hydrogen-bond donors (Lipinski definition) is 2. The molecule has 0 aliphatic carbocycles. The highest BCUT2D eigenvalue weighted by atomic mass is 32.2. The third-order valence-electron chi connectivity index (χ3n) is 2.15. The summed E-state index contributed by atoms with van der Waals surface area (Å²) in [5, 5.41) is 12.5. The number of nitrogens with zero attached hydrogens (tertiary/aromatic N) is 2. The monoisotopic (exact) mass is 255 g/mol. The van der Waals surface area contributed by atoms with Crippen LogP contribution >= 0.6 is 11.8 Å². The third kappa shape index (κ3) is 3.67. The van der Waals surface area contributed by atoms with Crippen molar-refractivity contribution in [2.75, 3.05) is 12.8 Å². The van der Waals surface area contributed by atoms with Gasteiger partial charge in [0.05, 0.1) is 17.4 Å². The second kappa shape index (κ2) is 5.97. The lowest BCUT2D eigenvalue weighted by atomic mass is 10.2. The van der Waals surface area contributed by atoms with E-state index in [1.54, 1.807) is 20.8 Å². The quantitative estimate of drug-likeness (QED) is 0.618. The van der Waals surface area contributed by atoms with E-state index >= 15 is 0 Å². The van der Waals surface area contributed by atoms with Gasteiger partial charge in [-0.05, 0) is 27.0 Å². The fraction of sp³-hybridized carbons (Fsp3) is 0.545. The van der Waals surface area contributed by atoms with Gasteiger partial charge < -0.3 is 10.4 Å². The first-order valence-corrected chi connectivity index (χ1v) is 6.53. The maximum Gasteiger partial charge on any atom is 0.255 e. The van der Waals surface area contributed by atoms with Gasteiger partial charge in [0, 0.05) is 6.54 Å². The van der Waals surface area contributed by atoms with Crippen molar-refractivity contribution in [3.05, 3.63) is 17.1 Å². The van der Waals surface area contributed by atoms with E-state index in [1.807, 2.05) is 6.26 Å². The Morgan fingerprint density at radius 3 is 2.65 bits per heavy atom. The average Bonchev–Trinajstić information content (AvgIpc) is 2.24. The molecule has 17 heavy (non-hydrogen) atoms. The number of aromatic nitrogens is 2. The lowest BCUT2D eigenvalue weighted by Gasteiger charge is -2.11. The van der Waals surface area contributed by atoms with Crippen LogP contribution in [0, 0.1) is 13.8 Å². The van der Waals surface area contributed by atoms with Gasteiger partial charge in [0.25, 0.3) is 5.91 Å². The van der Waals surface area contributed by atoms with Crippen molar-refractivity contribution in [2.24, 2.45) is 0 Å². The Bertz CT molecular complexity index is 421. The van der Waals surface area contributed by atoms with Crippen LogP contribution < -0.4 is 5.32 Å². The summed E-state index contributed by atoms with van der Waals surface area (Å²) in [6.07, 6.45) is 1.30. The molecule has 94 valence electrons. The largest absolute Gasteiger partial charge is 0.392 e. The van der Waals surface area contributed by atoms with Gasteiger partial charge in [0.1, 0.15) is 10.9 Å². The van der Waals surface area contributed by atoms with E-state index in [1.165, 1.54) is 11.8 Å². The molecule has 0 radical (unpaired) electrons. The van der Waals surface area contributed by atoms with Gasteiger partial charge in [-0.25, -0.2) is 9.97 Å². The topological polar surface area (TPSA) is 75.1 Å². The first-order chi connectivity index (χ1) is 7.95. The Labute approximate surface area is 105 Å². The van der Waals surface area contributed by atoms with E-state index < -0.39 is 6.10 Å². The molecule has 1 aromatic rings. The molecule has 0 spiro atoms. The molecule has 1 aromatic heterocycles. The van der Waals surface area contributed by atoms with Crippen LogP contribution in [-0.2, 0) is 0 Å². The number of carbonyl (C=O) groups is 1. The lowest BCUT2D eigenvalue weighted by molar-refractivity contribution is 0.0919. The summed E-state index contributed by atoms with van der Waals surface area (Å²) in [4.78, 5) is 20.4. The summed E-state index contributed by atoms with van der Waals surface area (Å²) in [5.74, 6) is 0.409. The van der Waals surface area contributed by atoms with Gasteiger partial charge in [0.2, 0.25) is 0 Å². The van der Waals surface area contributed by atoms with Crippen molar-refractivity contribution in [1.29, 1.82) is 0 Å². The van der Waals surface area contributed by atoms with E-state index in [0.717, 1.165) is 0 Å². The van der Waals surface area contributed by atoms with Crippen molar-refractivity contribution >= 4 is 17.7 Å². The molecule has 2 N–H and O–H groups in total. The normalized spacial score (nSPS) is 12.3. The van der Waals surface area contributed by atoms with Crippen LogP contribution in [0.15, 0.2) is 5.03 Å². The number of carbonyl (C=O) groups excluding carboxylic acids is 1. The lowest BCUT2D eigenvalue weighted by Crippen LogP contribution is -2.31. The molecule has 0 aliphatic rings. The standard InChI is InChI=1S/C11H17N3O2S/c1-6(15)5-12-10(16)9-7(2)13-8(3)14-11(9)17-4/h6,15H,5H2,1-4H3,(H,12,16)/t6-/m1/s1. The van der Waals surface area contributed by atoms with Crippen molar-refractivity contribution < 1.29 is 9.90 Å². The van der Waals surface area contributed by atoms with Crippen LogP contribution in [-0.4, -0.2) is 39.9 Å². The Morgan fingerprint density at radius 1 is 1.47 bits per heavy atom. The van der Waals surface area contributed by atoms with Crippen LogP contribution in [0.1, 0.15) is 28.8 Å². The first-order valence-electron chi connectivity index (χ1n) is 5.31. The molecule has 1 rings (SSSR count). The predicted molar refractivity (Wildman–Crippen MR) is 67.3 cm³/mol. The van der Waals surface area contributed by atoms with E-state index in [0.29, 0.717) is 22.1 Å². The molecule has 0 unspecified atom stereocenters. The summed E-state index contributed by atoms with van der Waals surface area (Å²) >= 11 is 1.41. The Morgan fingerprint density at radius 2 is 2.12 bits per heavy atom. The van der Waals surface area contributed by atoms with Gasteiger partial charge in [-0.2, -0.15) is 0 Å². The molecule has 0 saturated carbocycles. The van der Waals surface area contributed by atoms with Gasteiger partial charge in [0.15, 0.2) is 0 Å². The summed E-state index contributed by atoms with van der Waals surface area (Å²) in [6.45, 7) is 5.42. The van der Waals surface area contributed by atoms with Crippen LogP contribution in [0.4, 0.5) is 0 Å². The molecule has 0 saturated heterocycles. The second-order valence-electron chi connectivity index (χ2n) is 3.80. The minimum atomic E-state index is -0.566. The fourth-order valence-electron chi connectivity index (χ4n) is 1.42. The number of aliphatic hydroxyl groups excluding tert-OH is 1. The van der Waals surface area contributed by atoms with Crippen LogP contribution in [0.3, 0.4) is 0 Å². The number of aryl methyl sites for hydroxylation is 2. The predicted octanol–water partition coefficient (Wildman–Crippen LogP) is 0.926. The molecule has 0 aromatic carbocycles. The number of amides is 1. The molecule has 1 amide bonds. The maximum atomic E-state index is 11.9. The van der Waals surface area contributed by atoms with Crippen molar-refractivity contribution in [1.82, 2.24) is 15.3 Å². The van der Waals surface area contributed by atoms with Crippen LogP contribution in [0.2, 0.25) is 0 Å². The zero-order valence-electron chi connectivity index (χ0n) is 10.4. The summed E-state index contributed by atoms with van der Waals surface area (Å²) in [6, 6.07) is 0. The Kier molecular flexibility index (Phi) is 4.89. The Hall–Kier alpha value is -1.14. The van der Waals surface area contributed by atoms with Gasteiger partial charge in [-0.15, -0.1) is 11.8 Å². The molecule has 0 aliphatic heterocycles. The van der Waals surface area contributed by atoms with E-state index in [4.69, 9.17) is 5.11 Å². The molecule has 1 atom stereocenters. The molecule has 0 fully saturated rings. The molecular weight excluding hydrogens is 238 g/mol. The summed E-state index contributed by atoms with van der Waals surface area (Å²) in [5.41, 5.74) is 1.15. The minimum Gasteiger partial charge on any atom is -0.392 e. The van der Waals surface area contributed by atoms with Crippen molar-refractivity contribution in [2.45, 2.75) is 31.9 Å². The highest BCUT2D eigenvalue weighted by molar-refractivity contribution is 7.98. The molecule has 5 nitrogen and oxygen atoms in total. The van der Waals surface area contributed by atoms with Crippen molar-refractivity contribution in [3.63, 3.8) is 0 Å². The van der Waals surface area contributed by atoms with Crippen molar-refractivity contribution in [3.8, 4) is 0 Å². The number of nitrogens with one attached hydrogen (secondary N) is 1. The van der Waals surface area contributed by atoms with Gasteiger partial charge in [-0.3, -0.25) is 4.79 Å². The number of thioether (sulfide) groups is 1. The average molecular weight is 255 g/mol. The second-order valence-corrected chi connectivity index (χ2v) is 4.59. The molecule has 0 bridgehead atoms. The number of aliphatic hydroxyl groups is 1. The summed E-state index contributed by atoms with van der Waals surface area (Å²) < 4.78 is 0.